The summed E-state index contributed by atoms with van der Waals surface area (Å²) in [5, 5.41) is 9.65. The van der Waals surface area contributed by atoms with Gasteiger partial charge in [-0.25, -0.2) is 4.79 Å². The Bertz CT molecular complexity index is 1010. The number of aromatic carboxylic acids is 1. The number of rotatable bonds is 2. The number of benzene rings is 1. The van der Waals surface area contributed by atoms with Gasteiger partial charge in [-0.15, -0.1) is 0 Å². The normalized spacial score (nSPS) is 26.7. The maximum Gasteiger partial charge on any atom is 0.336 e. The van der Waals surface area contributed by atoms with Crippen molar-refractivity contribution in [3.63, 3.8) is 0 Å². The van der Waals surface area contributed by atoms with Gasteiger partial charge in [0.2, 0.25) is 0 Å². The summed E-state index contributed by atoms with van der Waals surface area (Å²) < 4.78 is 6.30. The van der Waals surface area contributed by atoms with Gasteiger partial charge in [-0.1, -0.05) is 40.2 Å². The van der Waals surface area contributed by atoms with Gasteiger partial charge in [-0.2, -0.15) is 0 Å². The first-order valence-corrected chi connectivity index (χ1v) is 9.83. The monoisotopic (exact) mass is 490 g/mol. The zero-order valence-corrected chi connectivity index (χ0v) is 16.9. The predicted molar refractivity (Wildman–Crippen MR) is 106 cm³/mol. The highest BCUT2D eigenvalue weighted by Crippen LogP contribution is 2.47. The molecule has 7 heteroatoms. The number of fused-ring (bicyclic) bond motifs is 2. The summed E-state index contributed by atoms with van der Waals surface area (Å²) in [5.41, 5.74) is 2.04. The van der Waals surface area contributed by atoms with Gasteiger partial charge in [-0.05, 0) is 51.4 Å². The molecule has 0 fully saturated rings. The zero-order chi connectivity index (χ0) is 19.3. The fourth-order valence-corrected chi connectivity index (χ4v) is 4.58. The van der Waals surface area contributed by atoms with Crippen LogP contribution in [0.4, 0.5) is 0 Å². The summed E-state index contributed by atoms with van der Waals surface area (Å²) in [4.78, 5) is 35.4. The second-order valence-corrected chi connectivity index (χ2v) is 8.07. The third-order valence-corrected chi connectivity index (χ3v) is 6.49. The minimum absolute atomic E-state index is 0.139. The summed E-state index contributed by atoms with van der Waals surface area (Å²) in [6, 6.07) is 6.70. The van der Waals surface area contributed by atoms with Crippen LogP contribution in [-0.4, -0.2) is 33.6 Å². The lowest BCUT2D eigenvalue weighted by atomic mass is 9.76. The molecule has 0 spiro atoms. The summed E-state index contributed by atoms with van der Waals surface area (Å²) in [6.07, 6.45) is 5.68. The molecular weight excluding hydrogens is 480 g/mol. The molecule has 0 bridgehead atoms. The van der Waals surface area contributed by atoms with E-state index in [-0.39, 0.29) is 27.5 Å². The predicted octanol–water partition coefficient (Wildman–Crippen LogP) is 3.80. The van der Waals surface area contributed by atoms with Crippen LogP contribution in [-0.2, 0) is 14.3 Å². The topological polar surface area (TPSA) is 80.7 Å². The Balaban J connectivity index is 2.04. The first-order chi connectivity index (χ1) is 12.9. The van der Waals surface area contributed by atoms with E-state index in [0.29, 0.717) is 22.5 Å². The highest BCUT2D eigenvalue weighted by Gasteiger charge is 2.44. The van der Waals surface area contributed by atoms with Crippen LogP contribution in [0.3, 0.4) is 0 Å². The largest absolute Gasteiger partial charge is 0.486 e. The van der Waals surface area contributed by atoms with Crippen molar-refractivity contribution in [1.29, 1.82) is 0 Å². The Kier molecular flexibility index (Phi) is 4.52. The SMILES string of the molecule is O=C1C=CC2=C(c3ccccc3C(=O)O)[C@H]3C=CC(=O)C(Br)[C@@H]3OC2=C1Br. The van der Waals surface area contributed by atoms with E-state index in [2.05, 4.69) is 31.9 Å². The zero-order valence-electron chi connectivity index (χ0n) is 13.7. The summed E-state index contributed by atoms with van der Waals surface area (Å²) in [6.45, 7) is 0. The molecular formula is C20H12Br2O5. The maximum atomic E-state index is 12.1. The number of carbonyl (C=O) groups is 3. The van der Waals surface area contributed by atoms with Crippen LogP contribution >= 0.6 is 31.9 Å². The number of hydrogen-bond donors (Lipinski definition) is 1. The Hall–Kier alpha value is -2.25. The standard InChI is InChI=1S/C20H12Br2O5/c21-16-13(23)7-5-11-15(9-3-1-2-4-10(9)20(25)26)12-6-8-14(24)17(22)19(12)27-18(11)16/h1-8,11,16,18H,(H,25,26)/t11-,16?,18-/m1/s1. The highest BCUT2D eigenvalue weighted by atomic mass is 79.9. The molecule has 0 amide bonds. The van der Waals surface area contributed by atoms with E-state index in [1.165, 1.54) is 18.2 Å². The summed E-state index contributed by atoms with van der Waals surface area (Å²) in [5.74, 6) is -1.45. The molecule has 4 rings (SSSR count). The number of halogens is 2. The van der Waals surface area contributed by atoms with E-state index < -0.39 is 16.9 Å². The third kappa shape index (κ3) is 2.85. The van der Waals surface area contributed by atoms with Crippen molar-refractivity contribution in [2.45, 2.75) is 10.9 Å². The van der Waals surface area contributed by atoms with Crippen LogP contribution in [0.1, 0.15) is 15.9 Å². The lowest BCUT2D eigenvalue weighted by Crippen LogP contribution is -2.43. The Morgan fingerprint density at radius 2 is 1.85 bits per heavy atom. The van der Waals surface area contributed by atoms with Gasteiger partial charge in [0.15, 0.2) is 11.6 Å². The van der Waals surface area contributed by atoms with Gasteiger partial charge in [0.05, 0.1) is 5.56 Å². The highest BCUT2D eigenvalue weighted by molar-refractivity contribution is 9.12. The smallest absolute Gasteiger partial charge is 0.336 e. The number of carboxylic acid groups (broad SMARTS) is 1. The number of carbonyl (C=O) groups excluding carboxylic acids is 2. The number of ether oxygens (including phenoxy) is 1. The van der Waals surface area contributed by atoms with Gasteiger partial charge >= 0.3 is 5.97 Å². The second-order valence-electron chi connectivity index (χ2n) is 6.29. The van der Waals surface area contributed by atoms with Crippen LogP contribution in [0.25, 0.3) is 5.57 Å². The Labute approximate surface area is 171 Å². The second kappa shape index (κ2) is 6.73. The van der Waals surface area contributed by atoms with Gasteiger partial charge in [-0.3, -0.25) is 9.59 Å². The molecule has 3 aliphatic rings. The van der Waals surface area contributed by atoms with Crippen LogP contribution in [0.5, 0.6) is 0 Å². The molecule has 0 radical (unpaired) electrons. The van der Waals surface area contributed by atoms with Crippen molar-refractivity contribution in [3.05, 3.63) is 75.5 Å². The fraction of sp³-hybridized carbons (Fsp3) is 0.150. The molecule has 1 N–H and O–H groups in total. The molecule has 5 nitrogen and oxygen atoms in total. The minimum Gasteiger partial charge on any atom is -0.486 e. The van der Waals surface area contributed by atoms with Gasteiger partial charge in [0.1, 0.15) is 21.2 Å². The van der Waals surface area contributed by atoms with E-state index in [4.69, 9.17) is 4.74 Å². The summed E-state index contributed by atoms with van der Waals surface area (Å²) >= 11 is 6.67. The van der Waals surface area contributed by atoms with E-state index in [0.717, 1.165) is 0 Å². The first-order valence-electron chi connectivity index (χ1n) is 8.12. The number of alkyl halides is 1. The molecule has 27 heavy (non-hydrogen) atoms. The van der Waals surface area contributed by atoms with Crippen LogP contribution in [0.15, 0.2) is 64.4 Å². The quantitative estimate of drug-likeness (QED) is 0.636. The first kappa shape index (κ1) is 18.1. The number of allylic oxidation sites excluding steroid dienone is 4. The molecule has 136 valence electrons. The van der Waals surface area contributed by atoms with Crippen molar-refractivity contribution >= 4 is 55.0 Å². The van der Waals surface area contributed by atoms with Gasteiger partial charge in [0, 0.05) is 11.5 Å². The van der Waals surface area contributed by atoms with Crippen LogP contribution < -0.4 is 0 Å². The lowest BCUT2D eigenvalue weighted by molar-refractivity contribution is -0.116. The van der Waals surface area contributed by atoms with Gasteiger partial charge in [0.25, 0.3) is 0 Å². The number of ketones is 2. The molecule has 1 heterocycles. The van der Waals surface area contributed by atoms with Crippen molar-refractivity contribution in [1.82, 2.24) is 0 Å². The number of carboxylic acids is 1. The van der Waals surface area contributed by atoms with Crippen molar-refractivity contribution in [3.8, 4) is 0 Å². The molecule has 0 saturated heterocycles. The molecule has 0 saturated carbocycles. The minimum atomic E-state index is -1.05. The van der Waals surface area contributed by atoms with Crippen molar-refractivity contribution in [2.24, 2.45) is 5.92 Å². The summed E-state index contributed by atoms with van der Waals surface area (Å²) in [7, 11) is 0. The average Bonchev–Trinajstić information content (AvgIpc) is 2.66. The van der Waals surface area contributed by atoms with E-state index >= 15 is 0 Å². The molecule has 1 aromatic carbocycles. The maximum absolute atomic E-state index is 12.1. The molecule has 2 aliphatic carbocycles. The molecule has 1 unspecified atom stereocenters. The molecule has 1 aromatic rings. The Morgan fingerprint density at radius 1 is 1.11 bits per heavy atom. The van der Waals surface area contributed by atoms with E-state index in [1.807, 2.05) is 0 Å². The average molecular weight is 492 g/mol. The van der Waals surface area contributed by atoms with Crippen molar-refractivity contribution < 1.29 is 24.2 Å². The van der Waals surface area contributed by atoms with E-state index in [9.17, 15) is 19.5 Å². The van der Waals surface area contributed by atoms with Gasteiger partial charge < -0.3 is 9.84 Å². The number of hydrogen-bond acceptors (Lipinski definition) is 4. The fourth-order valence-electron chi connectivity index (χ4n) is 3.55. The lowest BCUT2D eigenvalue weighted by Gasteiger charge is -2.40. The van der Waals surface area contributed by atoms with E-state index in [1.54, 1.807) is 30.4 Å². The molecule has 1 aliphatic heterocycles. The van der Waals surface area contributed by atoms with Crippen LogP contribution in [0.2, 0.25) is 0 Å². The molecule has 3 atom stereocenters. The third-order valence-electron chi connectivity index (χ3n) is 4.77. The Morgan fingerprint density at radius 3 is 2.59 bits per heavy atom. The molecule has 0 aromatic heterocycles. The van der Waals surface area contributed by atoms with Crippen LogP contribution in [0, 0.1) is 5.92 Å². The van der Waals surface area contributed by atoms with Crippen molar-refractivity contribution in [2.75, 3.05) is 0 Å².